The van der Waals surface area contributed by atoms with Crippen LogP contribution < -0.4 is 5.32 Å². The van der Waals surface area contributed by atoms with Crippen LogP contribution in [0.15, 0.2) is 78.9 Å². The van der Waals surface area contributed by atoms with Gasteiger partial charge >= 0.3 is 11.9 Å². The molecule has 3 aromatic carbocycles. The van der Waals surface area contributed by atoms with Crippen LogP contribution in [0.1, 0.15) is 55.1 Å². The second kappa shape index (κ2) is 17.3. The maximum absolute atomic E-state index is 14.3. The van der Waals surface area contributed by atoms with Gasteiger partial charge in [0.15, 0.2) is 6.10 Å². The zero-order chi connectivity index (χ0) is 39.3. The van der Waals surface area contributed by atoms with E-state index < -0.39 is 73.0 Å². The number of hydrogen-bond acceptors (Lipinski definition) is 11. The zero-order valence-corrected chi connectivity index (χ0v) is 29.4. The van der Waals surface area contributed by atoms with Gasteiger partial charge in [-0.05, 0) is 78.4 Å². The number of carboxylic acids is 1. The number of amides is 1. The van der Waals surface area contributed by atoms with Crippen LogP contribution in [0.5, 0.6) is 5.75 Å². The lowest BCUT2D eigenvalue weighted by Crippen LogP contribution is -2.60. The summed E-state index contributed by atoms with van der Waals surface area (Å²) in [7, 11) is 0. The van der Waals surface area contributed by atoms with Crippen molar-refractivity contribution in [1.82, 2.24) is 4.57 Å². The van der Waals surface area contributed by atoms with E-state index in [0.717, 1.165) is 0 Å². The highest BCUT2D eigenvalue weighted by Gasteiger charge is 2.48. The topological polar surface area (TPSA) is 228 Å². The number of hydrogen-bond donors (Lipinski definition) is 8. The summed E-state index contributed by atoms with van der Waals surface area (Å²) in [6.45, 7) is 3.93. The van der Waals surface area contributed by atoms with Crippen molar-refractivity contribution < 1.29 is 64.0 Å². The van der Waals surface area contributed by atoms with Gasteiger partial charge in [0.2, 0.25) is 6.29 Å². The normalized spacial score (nSPS) is 21.0. The number of phenols is 1. The van der Waals surface area contributed by atoms with E-state index in [0.29, 0.717) is 39.3 Å². The quantitative estimate of drug-likeness (QED) is 0.0686. The summed E-state index contributed by atoms with van der Waals surface area (Å²) in [4.78, 5) is 38.2. The molecule has 14 nitrogen and oxygen atoms in total. The third kappa shape index (κ3) is 9.13. The Labute approximate surface area is 309 Å². The molecule has 1 aliphatic rings. The van der Waals surface area contributed by atoms with Crippen LogP contribution in [-0.4, -0.2) is 101 Å². The van der Waals surface area contributed by atoms with Gasteiger partial charge in [0.1, 0.15) is 29.9 Å². The number of nitrogens with zero attached hydrogens (tertiary/aromatic N) is 1. The van der Waals surface area contributed by atoms with Gasteiger partial charge in [-0.1, -0.05) is 44.2 Å². The maximum Gasteiger partial charge on any atom is 0.335 e. The Hall–Kier alpha value is -5.16. The Bertz CT molecular complexity index is 1920. The van der Waals surface area contributed by atoms with E-state index in [1.165, 1.54) is 24.3 Å². The maximum atomic E-state index is 14.3. The number of carboxylic acid groups (broad SMARTS) is 1. The Morgan fingerprint density at radius 3 is 2.13 bits per heavy atom. The highest BCUT2D eigenvalue weighted by molar-refractivity contribution is 6.12. The molecule has 288 valence electrons. The number of halogens is 1. The summed E-state index contributed by atoms with van der Waals surface area (Å²) in [5.41, 5.74) is 3.82. The molecule has 0 saturated carbocycles. The van der Waals surface area contributed by atoms with E-state index in [4.69, 9.17) is 9.47 Å². The minimum atomic E-state index is -1.99. The van der Waals surface area contributed by atoms with Crippen molar-refractivity contribution in [2.45, 2.75) is 88.5 Å². The Kier molecular flexibility index (Phi) is 12.8. The number of carbonyl (C=O) groups excluding carboxylic acids is 2. The van der Waals surface area contributed by atoms with Crippen molar-refractivity contribution in [2.24, 2.45) is 0 Å². The molecule has 1 aliphatic heterocycles. The average molecular weight is 751 g/mol. The van der Waals surface area contributed by atoms with Crippen LogP contribution >= 0.6 is 0 Å². The molecule has 15 heteroatoms. The number of carbonyl (C=O) groups is 3. The van der Waals surface area contributed by atoms with E-state index in [9.17, 15) is 54.5 Å². The van der Waals surface area contributed by atoms with Gasteiger partial charge in [-0.25, -0.2) is 9.18 Å². The first kappa shape index (κ1) is 40.0. The molecule has 5 rings (SSSR count). The predicted octanol–water partition coefficient (Wildman–Crippen LogP) is 3.37. The number of esters is 1. The van der Waals surface area contributed by atoms with Crippen LogP contribution in [0.3, 0.4) is 0 Å². The van der Waals surface area contributed by atoms with E-state index >= 15 is 0 Å². The first-order valence-electron chi connectivity index (χ1n) is 17.3. The fourth-order valence-electron chi connectivity index (χ4n) is 6.54. The molecule has 7 atom stereocenters. The molecule has 8 N–H and O–H groups in total. The molecule has 0 aliphatic carbocycles. The highest BCUT2D eigenvalue weighted by Crippen LogP contribution is 2.43. The average Bonchev–Trinajstić information content (AvgIpc) is 3.48. The van der Waals surface area contributed by atoms with Crippen molar-refractivity contribution in [3.8, 4) is 28.1 Å². The first-order valence-corrected chi connectivity index (χ1v) is 17.3. The van der Waals surface area contributed by atoms with E-state index in [1.807, 2.05) is 48.7 Å². The van der Waals surface area contributed by atoms with Crippen LogP contribution in [0.25, 0.3) is 22.4 Å². The first-order chi connectivity index (χ1) is 25.7. The molecular formula is C39H43FN2O12. The summed E-state index contributed by atoms with van der Waals surface area (Å²) in [5, 5.41) is 73.7. The Morgan fingerprint density at radius 2 is 1.52 bits per heavy atom. The van der Waals surface area contributed by atoms with Gasteiger partial charge in [-0.15, -0.1) is 0 Å². The largest absolute Gasteiger partial charge is 0.508 e. The van der Waals surface area contributed by atoms with Gasteiger partial charge in [-0.2, -0.15) is 0 Å². The minimum absolute atomic E-state index is 0.0246. The van der Waals surface area contributed by atoms with Crippen LogP contribution in [0.4, 0.5) is 10.1 Å². The third-order valence-corrected chi connectivity index (χ3v) is 9.08. The second-order valence-electron chi connectivity index (χ2n) is 13.4. The fraction of sp³-hybridized carbons (Fsp3) is 0.359. The SMILES string of the molecule is CC(C)c1c(C(=O)Nc2ccc(O)cc2)c(-c2ccccc2)c(-c2ccc(F)cc2)n1CC[C@@H](O)C[C@@H](O)CC(=O)O[C@@H]1O[C@H](C(=O)O)[C@@H](O)[C@H](O)[C@H]1O. The summed E-state index contributed by atoms with van der Waals surface area (Å²) in [6, 6.07) is 21.0. The molecule has 1 fully saturated rings. The smallest absolute Gasteiger partial charge is 0.335 e. The third-order valence-electron chi connectivity index (χ3n) is 9.08. The molecule has 0 unspecified atom stereocenters. The second-order valence-corrected chi connectivity index (χ2v) is 13.4. The van der Waals surface area contributed by atoms with E-state index in [1.54, 1.807) is 24.3 Å². The van der Waals surface area contributed by atoms with Crippen molar-refractivity contribution in [1.29, 1.82) is 0 Å². The molecular weight excluding hydrogens is 707 g/mol. The number of nitrogens with one attached hydrogen (secondary N) is 1. The highest BCUT2D eigenvalue weighted by atomic mass is 19.1. The molecule has 1 aromatic heterocycles. The molecule has 1 amide bonds. The van der Waals surface area contributed by atoms with Crippen LogP contribution in [0, 0.1) is 5.82 Å². The number of aliphatic carboxylic acids is 1. The molecule has 0 spiro atoms. The summed E-state index contributed by atoms with van der Waals surface area (Å²) in [5.74, 6) is -3.92. The van der Waals surface area contributed by atoms with Crippen LogP contribution in [0.2, 0.25) is 0 Å². The summed E-state index contributed by atoms with van der Waals surface area (Å²) in [6.07, 6.45) is -13.5. The predicted molar refractivity (Wildman–Crippen MR) is 192 cm³/mol. The summed E-state index contributed by atoms with van der Waals surface area (Å²) >= 11 is 0. The fourth-order valence-corrected chi connectivity index (χ4v) is 6.54. The molecule has 4 aromatic rings. The van der Waals surface area contributed by atoms with Gasteiger partial charge in [0.05, 0.1) is 29.9 Å². The molecule has 0 bridgehead atoms. The summed E-state index contributed by atoms with van der Waals surface area (Å²) < 4.78 is 26.0. The molecule has 54 heavy (non-hydrogen) atoms. The van der Waals surface area contributed by atoms with Gasteiger partial charge in [0, 0.05) is 23.5 Å². The number of aliphatic hydroxyl groups is 5. The van der Waals surface area contributed by atoms with Gasteiger partial charge in [-0.3, -0.25) is 9.59 Å². The lowest BCUT2D eigenvalue weighted by atomic mass is 9.94. The lowest BCUT2D eigenvalue weighted by molar-refractivity contribution is -0.286. The number of aromatic nitrogens is 1. The van der Waals surface area contributed by atoms with Crippen LogP contribution in [-0.2, 0) is 25.6 Å². The number of aliphatic hydroxyl groups excluding tert-OH is 5. The lowest BCUT2D eigenvalue weighted by Gasteiger charge is -2.38. The number of aromatic hydroxyl groups is 1. The van der Waals surface area contributed by atoms with Crippen molar-refractivity contribution in [2.75, 3.05) is 5.32 Å². The minimum Gasteiger partial charge on any atom is -0.508 e. The standard InChI is InChI=1S/C39H43FN2O12/c1-20(2)31-30(37(50)41-24-12-14-25(43)15-13-24)29(21-6-4-3-5-7-21)32(22-8-10-23(40)11-9-22)42(31)17-16-26(44)18-27(45)19-28(46)53-39-35(49)33(47)34(48)36(54-39)38(51)52/h3-15,20,26-27,33-36,39,43-45,47-49H,16-19H2,1-2H3,(H,41,50)(H,51,52)/t26-,27-,33+,34+,35-,36+,39-/m1/s1. The molecule has 1 saturated heterocycles. The zero-order valence-electron chi connectivity index (χ0n) is 29.4. The molecule has 2 heterocycles. The van der Waals surface area contributed by atoms with Crippen molar-refractivity contribution >= 4 is 23.5 Å². The van der Waals surface area contributed by atoms with Gasteiger partial charge in [0.25, 0.3) is 5.91 Å². The van der Waals surface area contributed by atoms with E-state index in [-0.39, 0.29) is 31.1 Å². The van der Waals surface area contributed by atoms with E-state index in [2.05, 4.69) is 5.32 Å². The number of anilines is 1. The number of ether oxygens (including phenoxy) is 2. The number of benzene rings is 3. The van der Waals surface area contributed by atoms with Gasteiger partial charge < -0.3 is 55.1 Å². The monoisotopic (exact) mass is 750 g/mol. The molecule has 0 radical (unpaired) electrons. The number of rotatable bonds is 14. The van der Waals surface area contributed by atoms with Crippen molar-refractivity contribution in [3.63, 3.8) is 0 Å². The number of phenolic OH excluding ortho intramolecular Hbond substituents is 1. The Morgan fingerprint density at radius 1 is 0.870 bits per heavy atom. The van der Waals surface area contributed by atoms with Crippen molar-refractivity contribution in [3.05, 3.63) is 95.9 Å². The Balaban J connectivity index is 1.41.